The minimum absolute atomic E-state index is 0.0623. The monoisotopic (exact) mass is 413 g/mol. The first-order valence-corrected chi connectivity index (χ1v) is 10.1. The Kier molecular flexibility index (Phi) is 6.87. The molecule has 1 aromatic carbocycles. The highest BCUT2D eigenvalue weighted by atomic mass is 16.6. The average Bonchev–Trinajstić information content (AvgIpc) is 2.73. The molecule has 1 aliphatic heterocycles. The number of aryl methyl sites for hydroxylation is 2. The number of hydrogen-bond acceptors (Lipinski definition) is 6. The van der Waals surface area contributed by atoms with E-state index in [1.165, 1.54) is 0 Å². The number of benzene rings is 1. The van der Waals surface area contributed by atoms with Crippen LogP contribution in [-0.2, 0) is 14.3 Å². The minimum Gasteiger partial charge on any atom is -0.452 e. The van der Waals surface area contributed by atoms with Crippen LogP contribution in [0.4, 0.5) is 4.79 Å². The van der Waals surface area contributed by atoms with Gasteiger partial charge in [0.15, 0.2) is 6.61 Å². The maximum absolute atomic E-state index is 12.6. The van der Waals surface area contributed by atoms with Crippen LogP contribution < -0.4 is 5.32 Å². The van der Waals surface area contributed by atoms with Crippen LogP contribution in [0.15, 0.2) is 24.3 Å². The Bertz CT molecular complexity index is 951. The SMILES string of the molecule is CCOC(=O)N1CCC(NC(=O)COC(=O)c2c(C)nc3ccccc3c2C)CC1. The number of piperidine rings is 1. The van der Waals surface area contributed by atoms with Gasteiger partial charge in [-0.05, 0) is 45.2 Å². The number of aromatic nitrogens is 1. The van der Waals surface area contributed by atoms with E-state index in [-0.39, 0.29) is 24.6 Å². The van der Waals surface area contributed by atoms with E-state index in [9.17, 15) is 14.4 Å². The van der Waals surface area contributed by atoms with Crippen molar-refractivity contribution in [3.8, 4) is 0 Å². The molecule has 1 N–H and O–H groups in total. The normalized spacial score (nSPS) is 14.4. The van der Waals surface area contributed by atoms with Gasteiger partial charge < -0.3 is 19.7 Å². The summed E-state index contributed by atoms with van der Waals surface area (Å²) in [6, 6.07) is 7.53. The Balaban J connectivity index is 1.53. The van der Waals surface area contributed by atoms with Crippen molar-refractivity contribution in [2.24, 2.45) is 0 Å². The fourth-order valence-electron chi connectivity index (χ4n) is 3.73. The molecule has 2 heterocycles. The molecule has 1 aliphatic rings. The Morgan fingerprint density at radius 1 is 1.13 bits per heavy atom. The molecular formula is C22H27N3O5. The number of ether oxygens (including phenoxy) is 2. The number of carbonyl (C=O) groups excluding carboxylic acids is 3. The van der Waals surface area contributed by atoms with Gasteiger partial charge in [0.1, 0.15) is 0 Å². The van der Waals surface area contributed by atoms with Gasteiger partial charge in [-0.3, -0.25) is 9.78 Å². The van der Waals surface area contributed by atoms with Crippen LogP contribution in [-0.4, -0.2) is 60.2 Å². The van der Waals surface area contributed by atoms with Gasteiger partial charge in [-0.15, -0.1) is 0 Å². The summed E-state index contributed by atoms with van der Waals surface area (Å²) in [5, 5.41) is 3.75. The third-order valence-electron chi connectivity index (χ3n) is 5.26. The van der Waals surface area contributed by atoms with Gasteiger partial charge in [0.05, 0.1) is 23.4 Å². The number of likely N-dealkylation sites (tertiary alicyclic amines) is 1. The Hall–Kier alpha value is -3.16. The van der Waals surface area contributed by atoms with Crippen LogP contribution in [0.5, 0.6) is 0 Å². The molecule has 0 radical (unpaired) electrons. The van der Waals surface area contributed by atoms with Crippen molar-refractivity contribution in [1.29, 1.82) is 0 Å². The zero-order valence-electron chi connectivity index (χ0n) is 17.6. The fraction of sp³-hybridized carbons (Fsp3) is 0.455. The number of pyridine rings is 1. The highest BCUT2D eigenvalue weighted by Gasteiger charge is 2.25. The van der Waals surface area contributed by atoms with Crippen LogP contribution in [0.1, 0.15) is 41.4 Å². The molecule has 0 bridgehead atoms. The summed E-state index contributed by atoms with van der Waals surface area (Å²) in [5.74, 6) is -0.919. The molecule has 2 aromatic rings. The molecule has 1 fully saturated rings. The molecule has 0 saturated carbocycles. The second kappa shape index (κ2) is 9.56. The van der Waals surface area contributed by atoms with Gasteiger partial charge in [0.25, 0.3) is 5.91 Å². The topological polar surface area (TPSA) is 97.8 Å². The lowest BCUT2D eigenvalue weighted by molar-refractivity contribution is -0.125. The average molecular weight is 413 g/mol. The van der Waals surface area contributed by atoms with Crippen molar-refractivity contribution in [1.82, 2.24) is 15.2 Å². The summed E-state index contributed by atoms with van der Waals surface area (Å²) in [6.07, 6.45) is 0.933. The first kappa shape index (κ1) is 21.5. The maximum Gasteiger partial charge on any atom is 0.409 e. The molecule has 0 atom stereocenters. The number of nitrogens with one attached hydrogen (secondary N) is 1. The lowest BCUT2D eigenvalue weighted by Crippen LogP contribution is -2.47. The molecule has 0 unspecified atom stereocenters. The van der Waals surface area contributed by atoms with E-state index < -0.39 is 5.97 Å². The Morgan fingerprint density at radius 3 is 2.53 bits per heavy atom. The number of rotatable bonds is 5. The number of para-hydroxylation sites is 1. The number of hydrogen-bond donors (Lipinski definition) is 1. The molecule has 1 aromatic heterocycles. The number of esters is 1. The third-order valence-corrected chi connectivity index (χ3v) is 5.26. The predicted molar refractivity (Wildman–Crippen MR) is 111 cm³/mol. The molecular weight excluding hydrogens is 386 g/mol. The van der Waals surface area contributed by atoms with E-state index >= 15 is 0 Å². The highest BCUT2D eigenvalue weighted by Crippen LogP contribution is 2.23. The Labute approximate surface area is 175 Å². The van der Waals surface area contributed by atoms with Crippen molar-refractivity contribution in [2.75, 3.05) is 26.3 Å². The lowest BCUT2D eigenvalue weighted by atomic mass is 10.0. The van der Waals surface area contributed by atoms with E-state index in [4.69, 9.17) is 9.47 Å². The molecule has 160 valence electrons. The summed E-state index contributed by atoms with van der Waals surface area (Å²) in [4.78, 5) is 42.7. The standard InChI is InChI=1S/C22H27N3O5/c1-4-29-22(28)25-11-9-16(10-12-25)24-19(26)13-30-21(27)20-14(2)17-7-5-6-8-18(17)23-15(20)3/h5-8,16H,4,9-13H2,1-3H3,(H,24,26). The number of fused-ring (bicyclic) bond motifs is 1. The molecule has 3 rings (SSSR count). The molecule has 1 saturated heterocycles. The number of carbonyl (C=O) groups is 3. The maximum atomic E-state index is 12.6. The third kappa shape index (κ3) is 4.87. The van der Waals surface area contributed by atoms with Crippen LogP contribution in [0, 0.1) is 13.8 Å². The minimum atomic E-state index is -0.560. The largest absolute Gasteiger partial charge is 0.452 e. The van der Waals surface area contributed by atoms with Gasteiger partial charge in [-0.2, -0.15) is 0 Å². The highest BCUT2D eigenvalue weighted by molar-refractivity contribution is 5.99. The molecule has 2 amide bonds. The van der Waals surface area contributed by atoms with Crippen LogP contribution in [0.3, 0.4) is 0 Å². The molecule has 30 heavy (non-hydrogen) atoms. The van der Waals surface area contributed by atoms with E-state index in [1.807, 2.05) is 31.2 Å². The van der Waals surface area contributed by atoms with Crippen LogP contribution >= 0.6 is 0 Å². The van der Waals surface area contributed by atoms with E-state index in [0.717, 1.165) is 16.5 Å². The zero-order valence-corrected chi connectivity index (χ0v) is 17.6. The summed E-state index contributed by atoms with van der Waals surface area (Å²) in [5.41, 5.74) is 2.57. The van der Waals surface area contributed by atoms with E-state index in [0.29, 0.717) is 43.8 Å². The Morgan fingerprint density at radius 2 is 1.83 bits per heavy atom. The van der Waals surface area contributed by atoms with Gasteiger partial charge in [-0.1, -0.05) is 18.2 Å². The van der Waals surface area contributed by atoms with Crippen molar-refractivity contribution in [2.45, 2.75) is 39.7 Å². The molecule has 8 heteroatoms. The molecule has 0 aliphatic carbocycles. The second-order valence-electron chi connectivity index (χ2n) is 7.32. The number of amides is 2. The summed E-state index contributed by atoms with van der Waals surface area (Å²) in [7, 11) is 0. The molecule has 0 spiro atoms. The van der Waals surface area contributed by atoms with Gasteiger partial charge in [0.2, 0.25) is 0 Å². The lowest BCUT2D eigenvalue weighted by Gasteiger charge is -2.31. The van der Waals surface area contributed by atoms with Gasteiger partial charge in [-0.25, -0.2) is 9.59 Å². The zero-order chi connectivity index (χ0) is 21.7. The summed E-state index contributed by atoms with van der Waals surface area (Å²) >= 11 is 0. The van der Waals surface area contributed by atoms with Gasteiger partial charge in [0, 0.05) is 24.5 Å². The van der Waals surface area contributed by atoms with Crippen molar-refractivity contribution in [3.63, 3.8) is 0 Å². The van der Waals surface area contributed by atoms with E-state index in [2.05, 4.69) is 10.3 Å². The smallest absolute Gasteiger partial charge is 0.409 e. The second-order valence-corrected chi connectivity index (χ2v) is 7.32. The summed E-state index contributed by atoms with van der Waals surface area (Å²) < 4.78 is 10.2. The first-order chi connectivity index (χ1) is 14.4. The van der Waals surface area contributed by atoms with Crippen LogP contribution in [0.2, 0.25) is 0 Å². The van der Waals surface area contributed by atoms with Crippen LogP contribution in [0.25, 0.3) is 10.9 Å². The van der Waals surface area contributed by atoms with Crippen molar-refractivity contribution >= 4 is 28.9 Å². The molecule has 8 nitrogen and oxygen atoms in total. The summed E-state index contributed by atoms with van der Waals surface area (Å²) in [6.45, 7) is 6.40. The van der Waals surface area contributed by atoms with E-state index in [1.54, 1.807) is 18.7 Å². The number of nitrogens with zero attached hydrogens (tertiary/aromatic N) is 2. The van der Waals surface area contributed by atoms with Gasteiger partial charge >= 0.3 is 12.1 Å². The first-order valence-electron chi connectivity index (χ1n) is 10.1. The van der Waals surface area contributed by atoms with Crippen molar-refractivity contribution in [3.05, 3.63) is 41.1 Å². The predicted octanol–water partition coefficient (Wildman–Crippen LogP) is 2.75. The fourth-order valence-corrected chi connectivity index (χ4v) is 3.73. The van der Waals surface area contributed by atoms with Crippen molar-refractivity contribution < 1.29 is 23.9 Å². The quantitative estimate of drug-likeness (QED) is 0.757.